The molecule has 1 aromatic heterocycles. The fraction of sp³-hybridized carbons (Fsp3) is 0.231. The van der Waals surface area contributed by atoms with Gasteiger partial charge in [0.1, 0.15) is 0 Å². The Morgan fingerprint density at radius 1 is 1.38 bits per heavy atom. The Kier molecular flexibility index (Phi) is 2.60. The van der Waals surface area contributed by atoms with Crippen LogP contribution in [0.3, 0.4) is 0 Å². The van der Waals surface area contributed by atoms with Crippen molar-refractivity contribution >= 4 is 16.7 Å². The van der Waals surface area contributed by atoms with E-state index in [1.807, 2.05) is 31.2 Å². The summed E-state index contributed by atoms with van der Waals surface area (Å²) >= 11 is 0. The summed E-state index contributed by atoms with van der Waals surface area (Å²) in [6.45, 7) is 3.64. The molecule has 1 aromatic carbocycles. The molecule has 0 aliphatic carbocycles. The predicted octanol–water partition coefficient (Wildman–Crippen LogP) is 2.73. The first kappa shape index (κ1) is 10.6. The Bertz CT molecular complexity index is 549. The number of benzene rings is 1. The third-order valence-corrected chi connectivity index (χ3v) is 2.86. The van der Waals surface area contributed by atoms with Crippen molar-refractivity contribution < 1.29 is 9.90 Å². The lowest BCUT2D eigenvalue weighted by Crippen LogP contribution is -2.07. The molecule has 0 saturated heterocycles. The smallest absolute Gasteiger partial charge is 0.310 e. The lowest BCUT2D eigenvalue weighted by Gasteiger charge is -2.08. The van der Waals surface area contributed by atoms with Gasteiger partial charge in [-0.25, -0.2) is 0 Å². The van der Waals surface area contributed by atoms with Gasteiger partial charge in [0.05, 0.1) is 5.92 Å². The lowest BCUT2D eigenvalue weighted by molar-refractivity contribution is -0.138. The molecule has 0 spiro atoms. The number of carboxylic acid groups (broad SMARTS) is 1. The number of hydrogen-bond donors (Lipinski definition) is 1. The maximum absolute atomic E-state index is 10.9. The SMILES string of the molecule is Cc1nccc2cc(C(C)C(=O)O)ccc12. The van der Waals surface area contributed by atoms with Crippen LogP contribution in [-0.2, 0) is 4.79 Å². The monoisotopic (exact) mass is 215 g/mol. The Morgan fingerprint density at radius 2 is 2.12 bits per heavy atom. The van der Waals surface area contributed by atoms with Gasteiger partial charge in [0, 0.05) is 17.3 Å². The van der Waals surface area contributed by atoms with Gasteiger partial charge in [0.2, 0.25) is 0 Å². The van der Waals surface area contributed by atoms with Gasteiger partial charge in [0.15, 0.2) is 0 Å². The van der Waals surface area contributed by atoms with E-state index in [0.29, 0.717) is 0 Å². The molecule has 1 unspecified atom stereocenters. The molecule has 0 aliphatic heterocycles. The van der Waals surface area contributed by atoms with Crippen molar-refractivity contribution in [2.45, 2.75) is 19.8 Å². The molecule has 1 N–H and O–H groups in total. The number of aromatic nitrogens is 1. The molecule has 0 radical (unpaired) electrons. The van der Waals surface area contributed by atoms with Gasteiger partial charge >= 0.3 is 5.97 Å². The van der Waals surface area contributed by atoms with Crippen LogP contribution in [0.4, 0.5) is 0 Å². The van der Waals surface area contributed by atoms with E-state index >= 15 is 0 Å². The second-order valence-electron chi connectivity index (χ2n) is 3.94. The van der Waals surface area contributed by atoms with E-state index in [9.17, 15) is 4.79 Å². The summed E-state index contributed by atoms with van der Waals surface area (Å²) in [7, 11) is 0. The summed E-state index contributed by atoms with van der Waals surface area (Å²) in [5.41, 5.74) is 1.79. The molecule has 3 nitrogen and oxygen atoms in total. The van der Waals surface area contributed by atoms with Crippen LogP contribution in [0.1, 0.15) is 24.1 Å². The molecule has 0 fully saturated rings. The van der Waals surface area contributed by atoms with Crippen LogP contribution in [0, 0.1) is 6.92 Å². The first-order valence-corrected chi connectivity index (χ1v) is 5.17. The fourth-order valence-electron chi connectivity index (χ4n) is 1.76. The Hall–Kier alpha value is -1.90. The highest BCUT2D eigenvalue weighted by Crippen LogP contribution is 2.22. The zero-order chi connectivity index (χ0) is 11.7. The van der Waals surface area contributed by atoms with Crippen LogP contribution in [0.2, 0.25) is 0 Å². The molecule has 1 heterocycles. The maximum Gasteiger partial charge on any atom is 0.310 e. The van der Waals surface area contributed by atoms with E-state index in [-0.39, 0.29) is 0 Å². The summed E-state index contributed by atoms with van der Waals surface area (Å²) < 4.78 is 0. The number of carboxylic acids is 1. The van der Waals surface area contributed by atoms with E-state index in [1.165, 1.54) is 0 Å². The van der Waals surface area contributed by atoms with Gasteiger partial charge in [-0.2, -0.15) is 0 Å². The standard InChI is InChI=1S/C13H13NO2/c1-8(13(15)16)10-3-4-12-9(2)14-6-5-11(12)7-10/h3-8H,1-2H3,(H,15,16). The highest BCUT2D eigenvalue weighted by atomic mass is 16.4. The zero-order valence-corrected chi connectivity index (χ0v) is 9.27. The van der Waals surface area contributed by atoms with Crippen molar-refractivity contribution in [1.82, 2.24) is 4.98 Å². The summed E-state index contributed by atoms with van der Waals surface area (Å²) in [6, 6.07) is 7.62. The predicted molar refractivity (Wildman–Crippen MR) is 62.5 cm³/mol. The first-order valence-electron chi connectivity index (χ1n) is 5.17. The van der Waals surface area contributed by atoms with Crippen LogP contribution in [0.5, 0.6) is 0 Å². The van der Waals surface area contributed by atoms with Crippen molar-refractivity contribution in [3.8, 4) is 0 Å². The molecule has 0 aliphatic rings. The molecular formula is C13H13NO2. The Balaban J connectivity index is 2.57. The Labute approximate surface area is 93.7 Å². The summed E-state index contributed by atoms with van der Waals surface area (Å²) in [5, 5.41) is 11.1. The molecule has 0 saturated carbocycles. The number of aliphatic carboxylic acids is 1. The third kappa shape index (κ3) is 1.76. The topological polar surface area (TPSA) is 50.2 Å². The Morgan fingerprint density at radius 3 is 2.81 bits per heavy atom. The number of aryl methyl sites for hydroxylation is 1. The molecule has 2 aromatic rings. The van der Waals surface area contributed by atoms with Crippen LogP contribution < -0.4 is 0 Å². The highest BCUT2D eigenvalue weighted by Gasteiger charge is 2.13. The number of pyridine rings is 1. The van der Waals surface area contributed by atoms with Crippen LogP contribution in [0.25, 0.3) is 10.8 Å². The van der Waals surface area contributed by atoms with Crippen molar-refractivity contribution in [3.63, 3.8) is 0 Å². The number of hydrogen-bond acceptors (Lipinski definition) is 2. The normalized spacial score (nSPS) is 12.6. The van der Waals surface area contributed by atoms with E-state index < -0.39 is 11.9 Å². The molecule has 3 heteroatoms. The maximum atomic E-state index is 10.9. The van der Waals surface area contributed by atoms with Crippen molar-refractivity contribution in [1.29, 1.82) is 0 Å². The number of carbonyl (C=O) groups is 1. The molecule has 2 rings (SSSR count). The largest absolute Gasteiger partial charge is 0.481 e. The van der Waals surface area contributed by atoms with Crippen molar-refractivity contribution in [2.75, 3.05) is 0 Å². The molecule has 0 bridgehead atoms. The molecule has 1 atom stereocenters. The van der Waals surface area contributed by atoms with Crippen molar-refractivity contribution in [2.24, 2.45) is 0 Å². The lowest BCUT2D eigenvalue weighted by atomic mass is 9.98. The van der Waals surface area contributed by atoms with E-state index in [0.717, 1.165) is 22.0 Å². The van der Waals surface area contributed by atoms with E-state index in [4.69, 9.17) is 5.11 Å². The minimum absolute atomic E-state index is 0.474. The quantitative estimate of drug-likeness (QED) is 0.838. The second-order valence-corrected chi connectivity index (χ2v) is 3.94. The van der Waals surface area contributed by atoms with Gasteiger partial charge in [0.25, 0.3) is 0 Å². The highest BCUT2D eigenvalue weighted by molar-refractivity contribution is 5.86. The van der Waals surface area contributed by atoms with E-state index in [1.54, 1.807) is 13.1 Å². The average molecular weight is 215 g/mol. The van der Waals surface area contributed by atoms with Crippen LogP contribution in [0.15, 0.2) is 30.5 Å². The molecule has 16 heavy (non-hydrogen) atoms. The minimum atomic E-state index is -0.801. The molecular weight excluding hydrogens is 202 g/mol. The van der Waals surface area contributed by atoms with Crippen molar-refractivity contribution in [3.05, 3.63) is 41.7 Å². The zero-order valence-electron chi connectivity index (χ0n) is 9.27. The summed E-state index contributed by atoms with van der Waals surface area (Å²) in [4.78, 5) is 15.1. The fourth-order valence-corrected chi connectivity index (χ4v) is 1.76. The van der Waals surface area contributed by atoms with Gasteiger partial charge in [-0.1, -0.05) is 18.2 Å². The average Bonchev–Trinajstić information content (AvgIpc) is 2.28. The number of nitrogens with zero attached hydrogens (tertiary/aromatic N) is 1. The van der Waals surface area contributed by atoms with Crippen LogP contribution in [-0.4, -0.2) is 16.1 Å². The number of fused-ring (bicyclic) bond motifs is 1. The molecule has 0 amide bonds. The first-order chi connectivity index (χ1) is 7.59. The van der Waals surface area contributed by atoms with Gasteiger partial charge in [-0.3, -0.25) is 9.78 Å². The summed E-state index contributed by atoms with van der Waals surface area (Å²) in [5.74, 6) is -1.28. The second kappa shape index (κ2) is 3.93. The molecule has 82 valence electrons. The van der Waals surface area contributed by atoms with Gasteiger partial charge in [-0.05, 0) is 30.9 Å². The third-order valence-electron chi connectivity index (χ3n) is 2.86. The van der Waals surface area contributed by atoms with Gasteiger partial charge in [-0.15, -0.1) is 0 Å². The number of rotatable bonds is 2. The minimum Gasteiger partial charge on any atom is -0.481 e. The van der Waals surface area contributed by atoms with E-state index in [2.05, 4.69) is 4.98 Å². The van der Waals surface area contributed by atoms with Crippen LogP contribution >= 0.6 is 0 Å². The van der Waals surface area contributed by atoms with Gasteiger partial charge < -0.3 is 5.11 Å². The summed E-state index contributed by atoms with van der Waals surface area (Å²) in [6.07, 6.45) is 1.74.